The molecule has 1 N–H and O–H groups in total. The Morgan fingerprint density at radius 3 is 2.52 bits per heavy atom. The van der Waals surface area contributed by atoms with Crippen LogP contribution < -0.4 is 5.32 Å². The van der Waals surface area contributed by atoms with Crippen LogP contribution in [0.15, 0.2) is 46.9 Å². The first-order chi connectivity index (χ1) is 10.9. The molecule has 23 heavy (non-hydrogen) atoms. The van der Waals surface area contributed by atoms with Crippen LogP contribution in [0.25, 0.3) is 0 Å². The molecule has 2 aromatic rings. The molecular formula is C17H17BrF2N2O. The Morgan fingerprint density at radius 2 is 1.87 bits per heavy atom. The fraction of sp³-hybridized carbons (Fsp3) is 0.235. The Hall–Kier alpha value is -1.79. The molecule has 0 aliphatic carbocycles. The van der Waals surface area contributed by atoms with E-state index in [1.54, 1.807) is 18.2 Å². The molecule has 122 valence electrons. The first kappa shape index (κ1) is 17.6. The number of carbonyl (C=O) groups excluding carboxylic acids is 1. The lowest BCUT2D eigenvalue weighted by Crippen LogP contribution is -2.24. The van der Waals surface area contributed by atoms with Gasteiger partial charge in [0.25, 0.3) is 0 Å². The zero-order valence-electron chi connectivity index (χ0n) is 12.7. The van der Waals surface area contributed by atoms with Crippen molar-refractivity contribution in [2.24, 2.45) is 0 Å². The van der Waals surface area contributed by atoms with E-state index in [4.69, 9.17) is 0 Å². The van der Waals surface area contributed by atoms with Gasteiger partial charge in [-0.05, 0) is 42.9 Å². The summed E-state index contributed by atoms with van der Waals surface area (Å²) in [5.41, 5.74) is 1.13. The van der Waals surface area contributed by atoms with Gasteiger partial charge in [-0.2, -0.15) is 0 Å². The van der Waals surface area contributed by atoms with Crippen LogP contribution in [0.1, 0.15) is 12.0 Å². The lowest BCUT2D eigenvalue weighted by atomic mass is 10.2. The summed E-state index contributed by atoms with van der Waals surface area (Å²) in [4.78, 5) is 13.8. The normalized spacial score (nSPS) is 10.8. The largest absolute Gasteiger partial charge is 0.324 e. The molecule has 0 aromatic heterocycles. The molecule has 0 spiro atoms. The summed E-state index contributed by atoms with van der Waals surface area (Å²) in [7, 11) is 1.87. The predicted molar refractivity (Wildman–Crippen MR) is 90.1 cm³/mol. The number of rotatable bonds is 6. The van der Waals surface area contributed by atoms with Gasteiger partial charge in [0.1, 0.15) is 11.6 Å². The number of amides is 1. The van der Waals surface area contributed by atoms with Crippen molar-refractivity contribution in [3.63, 3.8) is 0 Å². The van der Waals surface area contributed by atoms with Crippen LogP contribution in [0.4, 0.5) is 14.5 Å². The van der Waals surface area contributed by atoms with Crippen LogP contribution >= 0.6 is 15.9 Å². The Kier molecular flexibility index (Phi) is 6.24. The zero-order valence-corrected chi connectivity index (χ0v) is 14.2. The zero-order chi connectivity index (χ0) is 16.8. The van der Waals surface area contributed by atoms with E-state index in [1.807, 2.05) is 11.9 Å². The van der Waals surface area contributed by atoms with E-state index in [2.05, 4.69) is 21.2 Å². The molecule has 0 bridgehead atoms. The van der Waals surface area contributed by atoms with Crippen molar-refractivity contribution in [3.05, 3.63) is 64.1 Å². The van der Waals surface area contributed by atoms with E-state index in [0.717, 1.165) is 5.56 Å². The summed E-state index contributed by atoms with van der Waals surface area (Å²) in [5, 5.41) is 2.55. The number of hydrogen-bond donors (Lipinski definition) is 1. The van der Waals surface area contributed by atoms with Gasteiger partial charge in [-0.25, -0.2) is 8.78 Å². The fourth-order valence-electron chi connectivity index (χ4n) is 2.08. The van der Waals surface area contributed by atoms with Gasteiger partial charge in [-0.1, -0.05) is 28.1 Å². The van der Waals surface area contributed by atoms with E-state index in [0.29, 0.717) is 17.6 Å². The summed E-state index contributed by atoms with van der Waals surface area (Å²) in [6, 6.07) is 10.7. The van der Waals surface area contributed by atoms with Gasteiger partial charge in [-0.3, -0.25) is 4.79 Å². The van der Waals surface area contributed by atoms with Gasteiger partial charge in [0.15, 0.2) is 0 Å². The van der Waals surface area contributed by atoms with E-state index >= 15 is 0 Å². The third kappa shape index (κ3) is 5.73. The number of anilines is 1. The molecule has 0 atom stereocenters. The number of nitrogens with one attached hydrogen (secondary N) is 1. The second-order valence-electron chi connectivity index (χ2n) is 5.29. The van der Waals surface area contributed by atoms with Crippen molar-refractivity contribution in [2.75, 3.05) is 18.9 Å². The van der Waals surface area contributed by atoms with E-state index in [9.17, 15) is 13.6 Å². The van der Waals surface area contributed by atoms with Gasteiger partial charge in [0.2, 0.25) is 5.91 Å². The highest BCUT2D eigenvalue weighted by atomic mass is 79.9. The Balaban J connectivity index is 1.80. The van der Waals surface area contributed by atoms with Crippen molar-refractivity contribution >= 4 is 27.5 Å². The highest BCUT2D eigenvalue weighted by molar-refractivity contribution is 9.10. The molecule has 0 aliphatic rings. The summed E-state index contributed by atoms with van der Waals surface area (Å²) in [5.74, 6) is -1.00. The average molecular weight is 383 g/mol. The van der Waals surface area contributed by atoms with E-state index in [-0.39, 0.29) is 23.8 Å². The molecule has 0 saturated carbocycles. The highest BCUT2D eigenvalue weighted by Crippen LogP contribution is 2.19. The minimum absolute atomic E-state index is 0.166. The smallest absolute Gasteiger partial charge is 0.225 e. The second kappa shape index (κ2) is 8.17. The molecule has 0 unspecified atom stereocenters. The summed E-state index contributed by atoms with van der Waals surface area (Å²) in [6.45, 7) is 1.13. The van der Waals surface area contributed by atoms with Crippen LogP contribution in [-0.2, 0) is 11.3 Å². The molecular weight excluding hydrogens is 366 g/mol. The lowest BCUT2D eigenvalue weighted by molar-refractivity contribution is -0.116. The van der Waals surface area contributed by atoms with Crippen molar-refractivity contribution in [2.45, 2.75) is 13.0 Å². The van der Waals surface area contributed by atoms with E-state index in [1.165, 1.54) is 24.3 Å². The van der Waals surface area contributed by atoms with Crippen molar-refractivity contribution < 1.29 is 13.6 Å². The molecule has 1 amide bonds. The number of carbonyl (C=O) groups is 1. The maximum Gasteiger partial charge on any atom is 0.225 e. The third-order valence-corrected chi connectivity index (χ3v) is 3.78. The molecule has 0 radical (unpaired) electrons. The minimum Gasteiger partial charge on any atom is -0.324 e. The summed E-state index contributed by atoms with van der Waals surface area (Å²) < 4.78 is 27.1. The Bertz CT molecular complexity index is 677. The maximum absolute atomic E-state index is 13.6. The molecule has 0 heterocycles. The van der Waals surface area contributed by atoms with Gasteiger partial charge in [0, 0.05) is 24.0 Å². The quantitative estimate of drug-likeness (QED) is 0.812. The van der Waals surface area contributed by atoms with Crippen molar-refractivity contribution in [1.82, 2.24) is 4.90 Å². The Labute approximate surface area is 142 Å². The van der Waals surface area contributed by atoms with Crippen molar-refractivity contribution in [1.29, 1.82) is 0 Å². The SMILES string of the molecule is CN(CCC(=O)Nc1ccc(Br)cc1F)Cc1ccc(F)cc1. The molecule has 2 rings (SSSR count). The van der Waals surface area contributed by atoms with Gasteiger partial charge < -0.3 is 10.2 Å². The molecule has 6 heteroatoms. The molecule has 3 nitrogen and oxygen atoms in total. The number of halogens is 3. The highest BCUT2D eigenvalue weighted by Gasteiger charge is 2.09. The van der Waals surface area contributed by atoms with Crippen LogP contribution in [0.3, 0.4) is 0 Å². The van der Waals surface area contributed by atoms with Crippen LogP contribution in [0.2, 0.25) is 0 Å². The first-order valence-electron chi connectivity index (χ1n) is 7.12. The second-order valence-corrected chi connectivity index (χ2v) is 6.20. The monoisotopic (exact) mass is 382 g/mol. The molecule has 0 aliphatic heterocycles. The fourth-order valence-corrected chi connectivity index (χ4v) is 2.41. The van der Waals surface area contributed by atoms with Crippen LogP contribution in [-0.4, -0.2) is 24.4 Å². The molecule has 2 aromatic carbocycles. The average Bonchev–Trinajstić information content (AvgIpc) is 2.50. The Morgan fingerprint density at radius 1 is 1.17 bits per heavy atom. The number of benzene rings is 2. The topological polar surface area (TPSA) is 32.3 Å². The standard InChI is InChI=1S/C17H17BrF2N2O/c1-22(11-12-2-5-14(19)6-3-12)9-8-17(23)21-16-7-4-13(18)10-15(16)20/h2-7,10H,8-9,11H2,1H3,(H,21,23). The molecule has 0 saturated heterocycles. The maximum atomic E-state index is 13.6. The lowest BCUT2D eigenvalue weighted by Gasteiger charge is -2.16. The summed E-state index contributed by atoms with van der Waals surface area (Å²) in [6.07, 6.45) is 0.243. The van der Waals surface area contributed by atoms with Crippen LogP contribution in [0, 0.1) is 11.6 Å². The predicted octanol–water partition coefficient (Wildman–Crippen LogP) is 4.19. The van der Waals surface area contributed by atoms with Crippen LogP contribution in [0.5, 0.6) is 0 Å². The minimum atomic E-state index is -0.479. The van der Waals surface area contributed by atoms with Gasteiger partial charge in [-0.15, -0.1) is 0 Å². The van der Waals surface area contributed by atoms with E-state index < -0.39 is 5.82 Å². The third-order valence-electron chi connectivity index (χ3n) is 3.29. The van der Waals surface area contributed by atoms with Crippen molar-refractivity contribution in [3.8, 4) is 0 Å². The number of hydrogen-bond acceptors (Lipinski definition) is 2. The van der Waals surface area contributed by atoms with Gasteiger partial charge >= 0.3 is 0 Å². The number of nitrogens with zero attached hydrogens (tertiary/aromatic N) is 1. The first-order valence-corrected chi connectivity index (χ1v) is 7.91. The summed E-state index contributed by atoms with van der Waals surface area (Å²) >= 11 is 3.17. The molecule has 0 fully saturated rings. The van der Waals surface area contributed by atoms with Gasteiger partial charge in [0.05, 0.1) is 5.69 Å².